The molecule has 1 saturated carbocycles. The minimum atomic E-state index is -2.92. The maximum Gasteiger partial charge on any atom is 0.260 e. The SMILES string of the molecule is CCC(O)c1cc(C)c(-c2cc3cnc(NC(=O)C4CC4(F)F)cc3c3scnc23)cn1.CCCC(O)c1cc(C)c(-c2cc3cnc(NC)cc3n3c(C#N)cnc23)cn1.CNC. The number of halogens is 2. The number of amides is 1. The van der Waals surface area contributed by atoms with Crippen LogP contribution in [0.15, 0.2) is 72.9 Å². The van der Waals surface area contributed by atoms with Gasteiger partial charge in [-0.3, -0.25) is 19.2 Å². The molecule has 1 aliphatic carbocycles. The fourth-order valence-electron chi connectivity index (χ4n) is 7.51. The van der Waals surface area contributed by atoms with E-state index >= 15 is 0 Å². The molecule has 5 N–H and O–H groups in total. The van der Waals surface area contributed by atoms with Gasteiger partial charge in [0.15, 0.2) is 0 Å². The van der Waals surface area contributed by atoms with Crippen molar-refractivity contribution < 1.29 is 23.8 Å². The number of hydrogen-bond donors (Lipinski definition) is 5. The number of imidazole rings is 1. The van der Waals surface area contributed by atoms with E-state index in [1.54, 1.807) is 42.6 Å². The standard InChI is InChI=1S/C23H20F2N4O2S.C22H22N6O.C2H7N/c1-3-18(30)17-4-11(2)15(9-26-17)14-5-12-8-27-19(29-22(31)16-7-23(16,24)25)6-13(12)21-20(14)28-10-32-21;1-4-5-20(29)18-6-13(2)17(12-25-18)16-7-14-10-26-21(24-3)8-19(14)28-15(9-23)11-27-22(16)28;1-3-2/h4-6,8-10,16,18,30H,3,7H2,1-2H3,(H,27,29,31);6-8,10-12,20,29H,4-5H2,1-3H3,(H,24,26);3H,1-2H3. The van der Waals surface area contributed by atoms with Crippen molar-refractivity contribution in [2.24, 2.45) is 5.92 Å². The number of anilines is 2. The van der Waals surface area contributed by atoms with Crippen molar-refractivity contribution in [1.82, 2.24) is 39.6 Å². The second-order valence-corrected chi connectivity index (χ2v) is 16.5. The number of carbonyl (C=O) groups is 1. The third-order valence-corrected chi connectivity index (χ3v) is 11.9. The third-order valence-electron chi connectivity index (χ3n) is 11.0. The fraction of sp³-hybridized carbons (Fsp3) is 0.319. The number of aliphatic hydroxyl groups is 2. The Morgan fingerprint density at radius 2 is 1.47 bits per heavy atom. The van der Waals surface area contributed by atoms with Crippen LogP contribution in [0.3, 0.4) is 0 Å². The number of hydrogen-bond acceptors (Lipinski definition) is 13. The normalized spacial score (nSPS) is 14.9. The summed E-state index contributed by atoms with van der Waals surface area (Å²) in [5.41, 5.74) is 11.4. The van der Waals surface area contributed by atoms with Crippen molar-refractivity contribution in [3.05, 3.63) is 101 Å². The Morgan fingerprint density at radius 1 is 0.844 bits per heavy atom. The van der Waals surface area contributed by atoms with Crippen molar-refractivity contribution in [3.63, 3.8) is 0 Å². The molecule has 0 saturated heterocycles. The van der Waals surface area contributed by atoms with E-state index in [9.17, 15) is 29.1 Å². The average molecular weight is 886 g/mol. The van der Waals surface area contributed by atoms with Crippen molar-refractivity contribution in [2.75, 3.05) is 31.8 Å². The lowest BCUT2D eigenvalue weighted by Gasteiger charge is -2.14. The summed E-state index contributed by atoms with van der Waals surface area (Å²) in [5, 5.41) is 40.8. The summed E-state index contributed by atoms with van der Waals surface area (Å²) in [6.45, 7) is 7.90. The van der Waals surface area contributed by atoms with Crippen molar-refractivity contribution in [2.45, 2.75) is 71.5 Å². The second kappa shape index (κ2) is 19.0. The Balaban J connectivity index is 0.000000181. The minimum Gasteiger partial charge on any atom is -0.387 e. The number of benzene rings is 1. The molecule has 1 fully saturated rings. The molecular formula is C47H49F2N11O3S. The molecule has 7 aromatic heterocycles. The van der Waals surface area contributed by atoms with Crippen LogP contribution in [0, 0.1) is 31.1 Å². The Hall–Kier alpha value is -6.58. The lowest BCUT2D eigenvalue weighted by molar-refractivity contribution is -0.119. The van der Waals surface area contributed by atoms with E-state index in [2.05, 4.69) is 51.9 Å². The van der Waals surface area contributed by atoms with Crippen LogP contribution in [-0.2, 0) is 4.79 Å². The number of carbonyl (C=O) groups excluding carboxylic acids is 1. The van der Waals surface area contributed by atoms with E-state index in [1.165, 1.54) is 11.3 Å². The highest BCUT2D eigenvalue weighted by Gasteiger charge is 2.61. The highest BCUT2D eigenvalue weighted by atomic mass is 32.1. The van der Waals surface area contributed by atoms with Gasteiger partial charge in [0.25, 0.3) is 5.92 Å². The highest BCUT2D eigenvalue weighted by Crippen LogP contribution is 2.49. The molecule has 8 aromatic rings. The molecule has 0 aliphatic heterocycles. The Bertz CT molecular complexity index is 3060. The number of alkyl halides is 2. The zero-order valence-electron chi connectivity index (χ0n) is 36.5. The molecule has 64 heavy (non-hydrogen) atoms. The molecule has 1 aromatic carbocycles. The molecular weight excluding hydrogens is 837 g/mol. The van der Waals surface area contributed by atoms with Crippen LogP contribution in [-0.4, -0.2) is 77.5 Å². The summed E-state index contributed by atoms with van der Waals surface area (Å²) in [6, 6.07) is 13.6. The average Bonchev–Trinajstić information content (AvgIpc) is 3.60. The maximum absolute atomic E-state index is 13.2. The largest absolute Gasteiger partial charge is 0.387 e. The van der Waals surface area contributed by atoms with Crippen LogP contribution >= 0.6 is 11.3 Å². The van der Waals surface area contributed by atoms with Gasteiger partial charge in [-0.15, -0.1) is 11.3 Å². The molecule has 1 aliphatic rings. The van der Waals surface area contributed by atoms with Gasteiger partial charge >= 0.3 is 0 Å². The summed E-state index contributed by atoms with van der Waals surface area (Å²) in [5.74, 6) is -3.96. The first-order chi connectivity index (χ1) is 30.8. The molecule has 3 atom stereocenters. The first kappa shape index (κ1) is 45.4. The van der Waals surface area contributed by atoms with Gasteiger partial charge < -0.3 is 26.2 Å². The van der Waals surface area contributed by atoms with E-state index in [0.717, 1.165) is 77.5 Å². The molecule has 0 bridgehead atoms. The van der Waals surface area contributed by atoms with Gasteiger partial charge in [0, 0.05) is 82.7 Å². The van der Waals surface area contributed by atoms with Crippen LogP contribution in [0.2, 0.25) is 0 Å². The number of nitriles is 1. The predicted molar refractivity (Wildman–Crippen MR) is 247 cm³/mol. The summed E-state index contributed by atoms with van der Waals surface area (Å²) >= 11 is 1.46. The molecule has 1 amide bonds. The summed E-state index contributed by atoms with van der Waals surface area (Å²) in [6.07, 6.45) is 9.08. The number of pyridine rings is 5. The number of aliphatic hydroxyl groups excluding tert-OH is 2. The van der Waals surface area contributed by atoms with Crippen LogP contribution in [0.25, 0.3) is 59.8 Å². The number of nitrogens with one attached hydrogen (secondary N) is 3. The van der Waals surface area contributed by atoms with Crippen molar-refractivity contribution in [3.8, 4) is 28.3 Å². The smallest absolute Gasteiger partial charge is 0.260 e. The quantitative estimate of drug-likeness (QED) is 0.0874. The topological polar surface area (TPSA) is 199 Å². The van der Waals surface area contributed by atoms with Gasteiger partial charge in [-0.1, -0.05) is 20.3 Å². The van der Waals surface area contributed by atoms with Gasteiger partial charge in [0.2, 0.25) is 5.91 Å². The molecule has 0 radical (unpaired) electrons. The van der Waals surface area contributed by atoms with Gasteiger partial charge in [0.05, 0.1) is 51.0 Å². The predicted octanol–water partition coefficient (Wildman–Crippen LogP) is 9.09. The van der Waals surface area contributed by atoms with Crippen molar-refractivity contribution in [1.29, 1.82) is 5.26 Å². The zero-order chi connectivity index (χ0) is 45.9. The highest BCUT2D eigenvalue weighted by molar-refractivity contribution is 7.17. The number of rotatable bonds is 10. The molecule has 3 unspecified atom stereocenters. The number of fused-ring (bicyclic) bond motifs is 6. The molecule has 0 spiro atoms. The van der Waals surface area contributed by atoms with Crippen LogP contribution < -0.4 is 16.0 Å². The minimum absolute atomic E-state index is 0.239. The van der Waals surface area contributed by atoms with Crippen LogP contribution in [0.5, 0.6) is 0 Å². The van der Waals surface area contributed by atoms with E-state index in [1.807, 2.05) is 83.6 Å². The second-order valence-electron chi connectivity index (χ2n) is 15.7. The molecule has 330 valence electrons. The summed E-state index contributed by atoms with van der Waals surface area (Å²) in [7, 11) is 5.56. The number of aryl methyl sites for hydroxylation is 2. The molecule has 17 heteroatoms. The fourth-order valence-corrected chi connectivity index (χ4v) is 8.35. The van der Waals surface area contributed by atoms with Gasteiger partial charge in [-0.2, -0.15) is 5.26 Å². The lowest BCUT2D eigenvalue weighted by Crippen LogP contribution is -2.18. The summed E-state index contributed by atoms with van der Waals surface area (Å²) in [4.78, 5) is 38.7. The van der Waals surface area contributed by atoms with E-state index in [0.29, 0.717) is 35.6 Å². The first-order valence-electron chi connectivity index (χ1n) is 20.9. The van der Waals surface area contributed by atoms with Crippen molar-refractivity contribution >= 4 is 66.4 Å². The van der Waals surface area contributed by atoms with Crippen LogP contribution in [0.4, 0.5) is 20.4 Å². The van der Waals surface area contributed by atoms with Gasteiger partial charge in [0.1, 0.15) is 35.0 Å². The molecule has 14 nitrogen and oxygen atoms in total. The Kier molecular flexibility index (Phi) is 13.5. The van der Waals surface area contributed by atoms with E-state index < -0.39 is 36.4 Å². The lowest BCUT2D eigenvalue weighted by atomic mass is 9.97. The summed E-state index contributed by atoms with van der Waals surface area (Å²) < 4.78 is 29.1. The maximum atomic E-state index is 13.2. The number of aromatic nitrogens is 7. The Labute approximate surface area is 372 Å². The van der Waals surface area contributed by atoms with E-state index in [-0.39, 0.29) is 5.82 Å². The van der Waals surface area contributed by atoms with Gasteiger partial charge in [-0.05, 0) is 82.2 Å². The number of thiazole rings is 1. The molecule has 7 heterocycles. The van der Waals surface area contributed by atoms with Crippen LogP contribution in [0.1, 0.15) is 79.9 Å². The molecule has 9 rings (SSSR count). The number of nitrogens with zero attached hydrogens (tertiary/aromatic N) is 8. The van der Waals surface area contributed by atoms with Gasteiger partial charge in [-0.25, -0.2) is 28.7 Å². The third kappa shape index (κ3) is 9.08. The van der Waals surface area contributed by atoms with E-state index in [4.69, 9.17) is 0 Å². The first-order valence-corrected chi connectivity index (χ1v) is 21.8. The Morgan fingerprint density at radius 3 is 2.08 bits per heavy atom. The zero-order valence-corrected chi connectivity index (χ0v) is 37.3. The monoisotopic (exact) mass is 885 g/mol.